The van der Waals surface area contributed by atoms with Crippen molar-refractivity contribution < 1.29 is 4.52 Å². The van der Waals surface area contributed by atoms with Crippen LogP contribution in [0.15, 0.2) is 4.52 Å². The minimum absolute atomic E-state index is 0.470. The fraction of sp³-hybridized carbons (Fsp3) is 0.625. The van der Waals surface area contributed by atoms with Gasteiger partial charge in [-0.1, -0.05) is 19.0 Å². The van der Waals surface area contributed by atoms with E-state index in [4.69, 9.17) is 4.52 Å². The second-order valence-electron chi connectivity index (χ2n) is 2.90. The van der Waals surface area contributed by atoms with Gasteiger partial charge in [-0.15, -0.1) is 0 Å². The second-order valence-corrected chi connectivity index (χ2v) is 2.90. The molecule has 56 valence electrons. The Kier molecular flexibility index (Phi) is 1.79. The molecule has 0 radical (unpaired) electrons. The monoisotopic (exact) mass is 139 g/mol. The van der Waals surface area contributed by atoms with E-state index in [-0.39, 0.29) is 0 Å². The zero-order chi connectivity index (χ0) is 7.72. The van der Waals surface area contributed by atoms with Gasteiger partial charge in [-0.3, -0.25) is 0 Å². The van der Waals surface area contributed by atoms with Crippen LogP contribution in [-0.2, 0) is 0 Å². The molecular formula is C8H13NO. The van der Waals surface area contributed by atoms with E-state index in [1.54, 1.807) is 0 Å². The number of aromatic nitrogens is 1. The third-order valence-corrected chi connectivity index (χ3v) is 1.74. The molecule has 0 bridgehead atoms. The van der Waals surface area contributed by atoms with Crippen LogP contribution in [-0.4, -0.2) is 5.16 Å². The highest BCUT2D eigenvalue weighted by Crippen LogP contribution is 2.19. The summed E-state index contributed by atoms with van der Waals surface area (Å²) in [6.45, 7) is 8.21. The molecule has 0 aliphatic carbocycles. The van der Waals surface area contributed by atoms with E-state index in [1.165, 1.54) is 5.56 Å². The molecule has 0 amide bonds. The molecule has 0 unspecified atom stereocenters. The average molecular weight is 139 g/mol. The lowest BCUT2D eigenvalue weighted by molar-refractivity contribution is 0.387. The molecule has 0 fully saturated rings. The summed E-state index contributed by atoms with van der Waals surface area (Å²) in [6.07, 6.45) is 0. The van der Waals surface area contributed by atoms with Gasteiger partial charge in [-0.2, -0.15) is 0 Å². The van der Waals surface area contributed by atoms with Crippen LogP contribution in [0.25, 0.3) is 0 Å². The maximum atomic E-state index is 5.01. The predicted octanol–water partition coefficient (Wildman–Crippen LogP) is 2.41. The van der Waals surface area contributed by atoms with Crippen molar-refractivity contribution in [3.05, 3.63) is 17.0 Å². The highest BCUT2D eigenvalue weighted by atomic mass is 16.5. The van der Waals surface area contributed by atoms with Crippen molar-refractivity contribution in [3.8, 4) is 0 Å². The Hall–Kier alpha value is -0.790. The van der Waals surface area contributed by atoms with Gasteiger partial charge in [0.15, 0.2) is 0 Å². The molecule has 1 heterocycles. The summed E-state index contributed by atoms with van der Waals surface area (Å²) < 4.78 is 5.01. The normalized spacial score (nSPS) is 10.9. The van der Waals surface area contributed by atoms with Crippen LogP contribution in [0, 0.1) is 13.8 Å². The van der Waals surface area contributed by atoms with Crippen LogP contribution in [0.2, 0.25) is 0 Å². The third kappa shape index (κ3) is 1.06. The van der Waals surface area contributed by atoms with Gasteiger partial charge in [-0.25, -0.2) is 0 Å². The Morgan fingerprint density at radius 2 is 1.90 bits per heavy atom. The van der Waals surface area contributed by atoms with Crippen molar-refractivity contribution in [3.63, 3.8) is 0 Å². The number of hydrogen-bond acceptors (Lipinski definition) is 2. The summed E-state index contributed by atoms with van der Waals surface area (Å²) >= 11 is 0. The Morgan fingerprint density at radius 3 is 2.10 bits per heavy atom. The SMILES string of the molecule is Cc1onc(C(C)C)c1C. The predicted molar refractivity (Wildman–Crippen MR) is 40.1 cm³/mol. The first kappa shape index (κ1) is 7.32. The summed E-state index contributed by atoms with van der Waals surface area (Å²) in [5.41, 5.74) is 2.27. The minimum Gasteiger partial charge on any atom is -0.361 e. The van der Waals surface area contributed by atoms with Crippen LogP contribution in [0.5, 0.6) is 0 Å². The van der Waals surface area contributed by atoms with Crippen molar-refractivity contribution in [1.29, 1.82) is 0 Å². The largest absolute Gasteiger partial charge is 0.361 e. The lowest BCUT2D eigenvalue weighted by Gasteiger charge is -1.97. The number of nitrogens with zero attached hydrogens (tertiary/aromatic N) is 1. The van der Waals surface area contributed by atoms with E-state index in [0.717, 1.165) is 11.5 Å². The van der Waals surface area contributed by atoms with Gasteiger partial charge in [0, 0.05) is 5.56 Å². The first-order chi connectivity index (χ1) is 4.63. The van der Waals surface area contributed by atoms with Crippen molar-refractivity contribution in [2.45, 2.75) is 33.6 Å². The Bertz CT molecular complexity index is 225. The summed E-state index contributed by atoms with van der Waals surface area (Å²) in [5, 5.41) is 3.94. The minimum atomic E-state index is 0.470. The van der Waals surface area contributed by atoms with E-state index in [0.29, 0.717) is 5.92 Å². The standard InChI is InChI=1S/C8H13NO/c1-5(2)8-6(3)7(4)10-9-8/h5H,1-4H3. The third-order valence-electron chi connectivity index (χ3n) is 1.74. The molecule has 1 aromatic rings. The second kappa shape index (κ2) is 2.45. The van der Waals surface area contributed by atoms with Crippen molar-refractivity contribution >= 4 is 0 Å². The van der Waals surface area contributed by atoms with Crippen LogP contribution in [0.4, 0.5) is 0 Å². The smallest absolute Gasteiger partial charge is 0.136 e. The molecule has 0 saturated heterocycles. The molecule has 10 heavy (non-hydrogen) atoms. The first-order valence-electron chi connectivity index (χ1n) is 3.55. The Balaban J connectivity index is 3.05. The molecule has 0 saturated carbocycles. The zero-order valence-corrected chi connectivity index (χ0v) is 6.93. The maximum Gasteiger partial charge on any atom is 0.136 e. The van der Waals surface area contributed by atoms with E-state index in [9.17, 15) is 0 Å². The Labute approximate surface area is 61.2 Å². The highest BCUT2D eigenvalue weighted by Gasteiger charge is 2.10. The number of hydrogen-bond donors (Lipinski definition) is 0. The van der Waals surface area contributed by atoms with E-state index in [2.05, 4.69) is 19.0 Å². The molecule has 0 aliphatic heterocycles. The fourth-order valence-corrected chi connectivity index (χ4v) is 0.973. The van der Waals surface area contributed by atoms with E-state index >= 15 is 0 Å². The van der Waals surface area contributed by atoms with Gasteiger partial charge in [0.2, 0.25) is 0 Å². The summed E-state index contributed by atoms with van der Waals surface area (Å²) in [6, 6.07) is 0. The van der Waals surface area contributed by atoms with Crippen molar-refractivity contribution in [1.82, 2.24) is 5.16 Å². The van der Waals surface area contributed by atoms with Gasteiger partial charge in [0.05, 0.1) is 5.69 Å². The average Bonchev–Trinajstić information content (AvgIpc) is 2.14. The molecule has 0 atom stereocenters. The fourth-order valence-electron chi connectivity index (χ4n) is 0.973. The molecule has 0 N–H and O–H groups in total. The molecule has 1 aromatic heterocycles. The topological polar surface area (TPSA) is 26.0 Å². The number of aryl methyl sites for hydroxylation is 1. The maximum absolute atomic E-state index is 5.01. The first-order valence-corrected chi connectivity index (χ1v) is 3.55. The van der Waals surface area contributed by atoms with Crippen LogP contribution in [0.1, 0.15) is 36.8 Å². The number of rotatable bonds is 1. The molecule has 1 rings (SSSR count). The molecule has 0 aliphatic rings. The van der Waals surface area contributed by atoms with Gasteiger partial charge >= 0.3 is 0 Å². The molecule has 0 spiro atoms. The van der Waals surface area contributed by atoms with Crippen molar-refractivity contribution in [2.24, 2.45) is 0 Å². The van der Waals surface area contributed by atoms with Gasteiger partial charge in [-0.05, 0) is 19.8 Å². The van der Waals surface area contributed by atoms with Gasteiger partial charge in [0.1, 0.15) is 5.76 Å². The summed E-state index contributed by atoms with van der Waals surface area (Å²) in [5.74, 6) is 1.40. The summed E-state index contributed by atoms with van der Waals surface area (Å²) in [4.78, 5) is 0. The van der Waals surface area contributed by atoms with E-state index < -0.39 is 0 Å². The Morgan fingerprint density at radius 1 is 1.30 bits per heavy atom. The van der Waals surface area contributed by atoms with Crippen molar-refractivity contribution in [2.75, 3.05) is 0 Å². The molecule has 0 aromatic carbocycles. The van der Waals surface area contributed by atoms with Crippen LogP contribution < -0.4 is 0 Å². The van der Waals surface area contributed by atoms with Crippen LogP contribution in [0.3, 0.4) is 0 Å². The summed E-state index contributed by atoms with van der Waals surface area (Å²) in [7, 11) is 0. The molecule has 2 heteroatoms. The molecule has 2 nitrogen and oxygen atoms in total. The van der Waals surface area contributed by atoms with Gasteiger partial charge in [0.25, 0.3) is 0 Å². The van der Waals surface area contributed by atoms with Crippen LogP contribution >= 0.6 is 0 Å². The molecular weight excluding hydrogens is 126 g/mol. The lowest BCUT2D eigenvalue weighted by atomic mass is 10.1. The lowest BCUT2D eigenvalue weighted by Crippen LogP contribution is -1.89. The quantitative estimate of drug-likeness (QED) is 0.597. The van der Waals surface area contributed by atoms with E-state index in [1.807, 2.05) is 13.8 Å². The highest BCUT2D eigenvalue weighted by molar-refractivity contribution is 5.22. The van der Waals surface area contributed by atoms with Gasteiger partial charge < -0.3 is 4.52 Å². The zero-order valence-electron chi connectivity index (χ0n) is 6.93.